The van der Waals surface area contributed by atoms with Crippen molar-refractivity contribution in [2.24, 2.45) is 0 Å². The summed E-state index contributed by atoms with van der Waals surface area (Å²) in [7, 11) is 0. The molecule has 1 fully saturated rings. The number of nitro groups is 1. The number of rotatable bonds is 7. The summed E-state index contributed by atoms with van der Waals surface area (Å²) in [6.07, 6.45) is 4.52. The highest BCUT2D eigenvalue weighted by molar-refractivity contribution is 5.73. The molecule has 2 aromatic carbocycles. The van der Waals surface area contributed by atoms with Gasteiger partial charge in [-0.05, 0) is 50.1 Å². The SMILES string of the molecule is CC1(C)c2ccccc2N(CCCOCC2COCCOCCOCCOCCO2)C12C=Cc1cc([N+](=O)[O-])ccc1O2. The number of fused-ring (bicyclic) bond motifs is 2. The highest BCUT2D eigenvalue weighted by Gasteiger charge is 2.58. The van der Waals surface area contributed by atoms with Gasteiger partial charge in [-0.1, -0.05) is 18.2 Å². The van der Waals surface area contributed by atoms with Crippen molar-refractivity contribution in [1.29, 1.82) is 0 Å². The maximum absolute atomic E-state index is 11.3. The predicted octanol–water partition coefficient (Wildman–Crippen LogP) is 4.37. The third-order valence-corrected chi connectivity index (χ3v) is 8.10. The topological polar surface area (TPSA) is 111 Å². The lowest BCUT2D eigenvalue weighted by Crippen LogP contribution is -2.59. The van der Waals surface area contributed by atoms with E-state index >= 15 is 0 Å². The van der Waals surface area contributed by atoms with Crippen LogP contribution in [0.3, 0.4) is 0 Å². The fourth-order valence-corrected chi connectivity index (χ4v) is 5.82. The van der Waals surface area contributed by atoms with Crippen molar-refractivity contribution in [1.82, 2.24) is 0 Å². The summed E-state index contributed by atoms with van der Waals surface area (Å²) >= 11 is 0. The summed E-state index contributed by atoms with van der Waals surface area (Å²) in [5.41, 5.74) is 1.83. The minimum atomic E-state index is -0.798. The molecular weight excluding hydrogens is 556 g/mol. The lowest BCUT2D eigenvalue weighted by molar-refractivity contribution is -0.384. The molecule has 2 aromatic rings. The number of para-hydroxylation sites is 1. The number of hydrogen-bond donors (Lipinski definition) is 0. The molecule has 234 valence electrons. The summed E-state index contributed by atoms with van der Waals surface area (Å²) in [5, 5.41) is 11.3. The van der Waals surface area contributed by atoms with E-state index in [1.807, 2.05) is 24.3 Å². The Labute approximate surface area is 252 Å². The van der Waals surface area contributed by atoms with E-state index in [0.29, 0.717) is 90.5 Å². The van der Waals surface area contributed by atoms with Crippen LogP contribution in [-0.4, -0.2) is 96.0 Å². The first-order valence-corrected chi connectivity index (χ1v) is 15.0. The summed E-state index contributed by atoms with van der Waals surface area (Å²) in [6.45, 7) is 10.4. The fraction of sp³-hybridized carbons (Fsp3) is 0.562. The molecule has 3 aliphatic heterocycles. The van der Waals surface area contributed by atoms with Crippen LogP contribution in [0.15, 0.2) is 48.5 Å². The molecule has 1 saturated heterocycles. The number of non-ortho nitro benzene ring substituents is 1. The highest BCUT2D eigenvalue weighted by atomic mass is 16.6. The summed E-state index contributed by atoms with van der Waals surface area (Å²) in [5.74, 6) is 0.624. The van der Waals surface area contributed by atoms with Gasteiger partial charge in [0.05, 0.1) is 76.4 Å². The van der Waals surface area contributed by atoms with Gasteiger partial charge in [0.25, 0.3) is 5.69 Å². The van der Waals surface area contributed by atoms with Crippen molar-refractivity contribution >= 4 is 17.5 Å². The molecule has 0 saturated carbocycles. The Kier molecular flexibility index (Phi) is 10.7. The Balaban J connectivity index is 1.21. The first kappa shape index (κ1) is 31.4. The van der Waals surface area contributed by atoms with Crippen molar-refractivity contribution in [2.45, 2.75) is 37.5 Å². The molecule has 11 heteroatoms. The molecule has 1 spiro atoms. The van der Waals surface area contributed by atoms with Crippen molar-refractivity contribution in [3.8, 4) is 5.75 Å². The molecular formula is C32H42N2O9. The monoisotopic (exact) mass is 598 g/mol. The van der Waals surface area contributed by atoms with E-state index in [2.05, 4.69) is 30.9 Å². The Morgan fingerprint density at radius 3 is 2.40 bits per heavy atom. The Morgan fingerprint density at radius 2 is 1.65 bits per heavy atom. The van der Waals surface area contributed by atoms with Crippen molar-refractivity contribution in [2.75, 3.05) is 84.1 Å². The van der Waals surface area contributed by atoms with Crippen LogP contribution in [0.4, 0.5) is 11.4 Å². The van der Waals surface area contributed by atoms with Gasteiger partial charge in [0.1, 0.15) is 11.9 Å². The molecule has 11 nitrogen and oxygen atoms in total. The van der Waals surface area contributed by atoms with Gasteiger partial charge < -0.3 is 38.1 Å². The number of nitrogens with zero attached hydrogens (tertiary/aromatic N) is 2. The number of ether oxygens (including phenoxy) is 7. The van der Waals surface area contributed by atoms with Gasteiger partial charge in [0, 0.05) is 36.5 Å². The van der Waals surface area contributed by atoms with E-state index in [1.54, 1.807) is 12.1 Å². The van der Waals surface area contributed by atoms with Crippen LogP contribution in [0.25, 0.3) is 6.08 Å². The van der Waals surface area contributed by atoms with Gasteiger partial charge in [-0.25, -0.2) is 0 Å². The maximum Gasteiger partial charge on any atom is 0.270 e. The van der Waals surface area contributed by atoms with Crippen LogP contribution in [0.1, 0.15) is 31.4 Å². The second-order valence-corrected chi connectivity index (χ2v) is 11.2. The van der Waals surface area contributed by atoms with Crippen LogP contribution >= 0.6 is 0 Å². The van der Waals surface area contributed by atoms with Crippen molar-refractivity contribution < 1.29 is 38.1 Å². The second kappa shape index (κ2) is 14.6. The largest absolute Gasteiger partial charge is 0.463 e. The van der Waals surface area contributed by atoms with Gasteiger partial charge in [0.2, 0.25) is 5.72 Å². The molecule has 2 unspecified atom stereocenters. The number of benzene rings is 2. The van der Waals surface area contributed by atoms with Gasteiger partial charge in [-0.15, -0.1) is 0 Å². The molecule has 43 heavy (non-hydrogen) atoms. The average Bonchev–Trinajstić information content (AvgIpc) is 3.17. The van der Waals surface area contributed by atoms with E-state index < -0.39 is 11.1 Å². The smallest absolute Gasteiger partial charge is 0.270 e. The Morgan fingerprint density at radius 1 is 0.953 bits per heavy atom. The Hall–Kier alpha value is -3.06. The summed E-state index contributed by atoms with van der Waals surface area (Å²) in [4.78, 5) is 13.2. The van der Waals surface area contributed by atoms with Crippen molar-refractivity contribution in [3.63, 3.8) is 0 Å². The van der Waals surface area contributed by atoms with E-state index in [1.165, 1.54) is 11.6 Å². The number of hydrogen-bond acceptors (Lipinski definition) is 10. The lowest BCUT2D eigenvalue weighted by atomic mass is 9.76. The second-order valence-electron chi connectivity index (χ2n) is 11.2. The molecule has 0 radical (unpaired) electrons. The zero-order valence-corrected chi connectivity index (χ0v) is 25.0. The van der Waals surface area contributed by atoms with Gasteiger partial charge in [-0.2, -0.15) is 0 Å². The van der Waals surface area contributed by atoms with Crippen LogP contribution < -0.4 is 9.64 Å². The molecule has 3 heterocycles. The quantitative estimate of drug-likeness (QED) is 0.259. The average molecular weight is 599 g/mol. The number of nitro benzene ring substituents is 1. The van der Waals surface area contributed by atoms with Gasteiger partial charge >= 0.3 is 0 Å². The number of anilines is 1. The predicted molar refractivity (Wildman–Crippen MR) is 161 cm³/mol. The zero-order valence-electron chi connectivity index (χ0n) is 25.0. The maximum atomic E-state index is 11.3. The third-order valence-electron chi connectivity index (χ3n) is 8.10. The van der Waals surface area contributed by atoms with Gasteiger partial charge in [0.15, 0.2) is 0 Å². The molecule has 5 rings (SSSR count). The Bertz CT molecular complexity index is 1240. The van der Waals surface area contributed by atoms with E-state index in [-0.39, 0.29) is 16.7 Å². The van der Waals surface area contributed by atoms with Gasteiger partial charge in [-0.3, -0.25) is 10.1 Å². The van der Waals surface area contributed by atoms with Crippen LogP contribution in [-0.2, 0) is 33.8 Å². The molecule has 0 aromatic heterocycles. The lowest BCUT2D eigenvalue weighted by Gasteiger charge is -2.47. The fourth-order valence-electron chi connectivity index (χ4n) is 5.82. The highest BCUT2D eigenvalue weighted by Crippen LogP contribution is 2.55. The minimum absolute atomic E-state index is 0.0404. The van der Waals surface area contributed by atoms with E-state index in [4.69, 9.17) is 33.2 Å². The third kappa shape index (κ3) is 7.19. The molecule has 0 aliphatic carbocycles. The standard InChI is InChI=1S/C32H42N2O9/c1-31(2)28-6-3-4-7-29(28)33(32(31)11-10-25-22-26(34(35)36)8-9-30(25)43-32)12-5-13-40-23-27-24-41-19-18-38-15-14-37-16-17-39-20-21-42-27/h3-4,6-11,22,27H,5,12-21,23-24H2,1-2H3. The molecule has 3 aliphatic rings. The molecule has 0 N–H and O–H groups in total. The molecule has 0 amide bonds. The molecule has 2 atom stereocenters. The zero-order chi connectivity index (χ0) is 30.1. The van der Waals surface area contributed by atoms with E-state index in [0.717, 1.165) is 12.1 Å². The van der Waals surface area contributed by atoms with Crippen LogP contribution in [0.5, 0.6) is 5.75 Å². The summed E-state index contributed by atoms with van der Waals surface area (Å²) in [6, 6.07) is 13.1. The molecule has 0 bridgehead atoms. The van der Waals surface area contributed by atoms with E-state index in [9.17, 15) is 10.1 Å². The van der Waals surface area contributed by atoms with Crippen LogP contribution in [0.2, 0.25) is 0 Å². The minimum Gasteiger partial charge on any atom is -0.463 e. The van der Waals surface area contributed by atoms with Crippen LogP contribution in [0, 0.1) is 10.1 Å². The normalized spacial score (nSPS) is 24.4. The first-order valence-electron chi connectivity index (χ1n) is 15.0. The summed E-state index contributed by atoms with van der Waals surface area (Å²) < 4.78 is 41.1. The first-order chi connectivity index (χ1) is 20.9. The van der Waals surface area contributed by atoms with Crippen molar-refractivity contribution in [3.05, 3.63) is 69.8 Å².